The van der Waals surface area contributed by atoms with Crippen LogP contribution in [0.25, 0.3) is 10.9 Å². The molecule has 1 heterocycles. The molecule has 2 N–H and O–H groups in total. The molecule has 0 fully saturated rings. The van der Waals surface area contributed by atoms with Gasteiger partial charge in [0, 0.05) is 15.6 Å². The number of fused-ring (bicyclic) bond motifs is 1. The number of carbonyl (C=O) groups excluding carboxylic acids is 1. The smallest absolute Gasteiger partial charge is 0.323 e. The zero-order chi connectivity index (χ0) is 16.5. The van der Waals surface area contributed by atoms with Gasteiger partial charge in [-0.05, 0) is 67.7 Å². The van der Waals surface area contributed by atoms with Gasteiger partial charge in [0.1, 0.15) is 11.6 Å². The van der Waals surface area contributed by atoms with Crippen LogP contribution in [0.1, 0.15) is 32.0 Å². The van der Waals surface area contributed by atoms with E-state index in [2.05, 4.69) is 20.9 Å². The van der Waals surface area contributed by atoms with Crippen molar-refractivity contribution in [2.45, 2.75) is 45.8 Å². The first kappa shape index (κ1) is 16.9. The van der Waals surface area contributed by atoms with Crippen molar-refractivity contribution in [1.82, 2.24) is 4.98 Å². The minimum atomic E-state index is -0.690. The highest BCUT2D eigenvalue weighted by Gasteiger charge is 2.23. The fraction of sp³-hybridized carbons (Fsp3) is 0.412. The molecule has 1 atom stereocenters. The molecule has 0 aliphatic rings. The van der Waals surface area contributed by atoms with Gasteiger partial charge >= 0.3 is 5.97 Å². The predicted molar refractivity (Wildman–Crippen MR) is 91.7 cm³/mol. The first-order valence-corrected chi connectivity index (χ1v) is 8.00. The second-order valence-electron chi connectivity index (χ2n) is 6.40. The molecule has 0 bridgehead atoms. The molecule has 118 valence electrons. The van der Waals surface area contributed by atoms with E-state index in [1.54, 1.807) is 0 Å². The minimum absolute atomic E-state index is 0.386. The minimum Gasteiger partial charge on any atom is -0.459 e. The molecule has 0 amide bonds. The maximum atomic E-state index is 12.0. The molecule has 0 aliphatic carbocycles. The highest BCUT2D eigenvalue weighted by molar-refractivity contribution is 9.10. The predicted octanol–water partition coefficient (Wildman–Crippen LogP) is 3.52. The van der Waals surface area contributed by atoms with Crippen molar-refractivity contribution in [3.05, 3.63) is 40.0 Å². The molecular weight excluding hydrogens is 344 g/mol. The summed E-state index contributed by atoms with van der Waals surface area (Å²) in [7, 11) is 0. The summed E-state index contributed by atoms with van der Waals surface area (Å²) in [5, 5.41) is 0.999. The van der Waals surface area contributed by atoms with Gasteiger partial charge in [-0.3, -0.25) is 9.78 Å². The number of pyridine rings is 1. The molecule has 2 aromatic rings. The van der Waals surface area contributed by atoms with Crippen LogP contribution in [0.3, 0.4) is 0 Å². The number of nitrogens with zero attached hydrogens (tertiary/aromatic N) is 1. The molecule has 4 nitrogen and oxygen atoms in total. The summed E-state index contributed by atoms with van der Waals surface area (Å²) in [5.74, 6) is -0.386. The van der Waals surface area contributed by atoms with E-state index in [0.717, 1.165) is 26.6 Å². The number of aryl methyl sites for hydroxylation is 1. The van der Waals surface area contributed by atoms with E-state index in [1.165, 1.54) is 0 Å². The van der Waals surface area contributed by atoms with Gasteiger partial charge in [0.2, 0.25) is 0 Å². The Morgan fingerprint density at radius 1 is 1.32 bits per heavy atom. The van der Waals surface area contributed by atoms with Gasteiger partial charge in [-0.1, -0.05) is 12.1 Å². The van der Waals surface area contributed by atoms with Crippen molar-refractivity contribution >= 4 is 32.8 Å². The van der Waals surface area contributed by atoms with E-state index in [1.807, 2.05) is 52.0 Å². The highest BCUT2D eigenvalue weighted by atomic mass is 79.9. The Balaban J connectivity index is 2.29. The molecule has 0 radical (unpaired) electrons. The number of esters is 1. The molecule has 0 saturated carbocycles. The summed E-state index contributed by atoms with van der Waals surface area (Å²) >= 11 is 3.51. The van der Waals surface area contributed by atoms with E-state index in [9.17, 15) is 4.79 Å². The van der Waals surface area contributed by atoms with Crippen LogP contribution in [0.2, 0.25) is 0 Å². The first-order chi connectivity index (χ1) is 10.2. The summed E-state index contributed by atoms with van der Waals surface area (Å²) in [5.41, 5.74) is 8.30. The Morgan fingerprint density at radius 3 is 2.64 bits per heavy atom. The maximum absolute atomic E-state index is 12.0. The Hall–Kier alpha value is -1.46. The lowest BCUT2D eigenvalue weighted by atomic mass is 10.0. The number of ether oxygens (including phenoxy) is 1. The van der Waals surface area contributed by atoms with Crippen molar-refractivity contribution in [1.29, 1.82) is 0 Å². The lowest BCUT2D eigenvalue weighted by Crippen LogP contribution is -2.38. The second kappa shape index (κ2) is 6.34. The van der Waals surface area contributed by atoms with Crippen molar-refractivity contribution < 1.29 is 9.53 Å². The lowest BCUT2D eigenvalue weighted by molar-refractivity contribution is -0.156. The van der Waals surface area contributed by atoms with Gasteiger partial charge in [0.05, 0.1) is 5.52 Å². The van der Waals surface area contributed by atoms with Crippen LogP contribution in [0.15, 0.2) is 28.7 Å². The van der Waals surface area contributed by atoms with Crippen LogP contribution in [-0.4, -0.2) is 22.6 Å². The fourth-order valence-electron chi connectivity index (χ4n) is 2.22. The zero-order valence-electron chi connectivity index (χ0n) is 13.3. The van der Waals surface area contributed by atoms with Crippen molar-refractivity contribution in [3.63, 3.8) is 0 Å². The largest absolute Gasteiger partial charge is 0.459 e. The SMILES string of the molecule is Cc1ccc2c(CC(N)C(=O)OC(C)(C)C)ccc(Br)c2n1. The van der Waals surface area contributed by atoms with E-state index in [0.29, 0.717) is 6.42 Å². The lowest BCUT2D eigenvalue weighted by Gasteiger charge is -2.22. The topological polar surface area (TPSA) is 65.2 Å². The van der Waals surface area contributed by atoms with Crippen LogP contribution >= 0.6 is 15.9 Å². The number of benzene rings is 1. The number of hydrogen-bond donors (Lipinski definition) is 1. The third-order valence-corrected chi connectivity index (χ3v) is 3.83. The summed E-state index contributed by atoms with van der Waals surface area (Å²) in [6.45, 7) is 7.45. The Bertz CT molecular complexity index is 708. The molecule has 0 aliphatic heterocycles. The monoisotopic (exact) mass is 364 g/mol. The number of rotatable bonds is 3. The maximum Gasteiger partial charge on any atom is 0.323 e. The van der Waals surface area contributed by atoms with Gasteiger partial charge in [0.15, 0.2) is 0 Å². The Labute approximate surface area is 139 Å². The highest BCUT2D eigenvalue weighted by Crippen LogP contribution is 2.26. The van der Waals surface area contributed by atoms with E-state index in [4.69, 9.17) is 10.5 Å². The Morgan fingerprint density at radius 2 is 2.00 bits per heavy atom. The zero-order valence-corrected chi connectivity index (χ0v) is 14.9. The van der Waals surface area contributed by atoms with Gasteiger partial charge in [-0.25, -0.2) is 0 Å². The molecule has 1 unspecified atom stereocenters. The third kappa shape index (κ3) is 4.05. The number of hydrogen-bond acceptors (Lipinski definition) is 4. The summed E-state index contributed by atoms with van der Waals surface area (Å²) < 4.78 is 6.27. The Kier molecular flexibility index (Phi) is 4.87. The van der Waals surface area contributed by atoms with Crippen LogP contribution < -0.4 is 5.73 Å². The fourth-order valence-corrected chi connectivity index (χ4v) is 2.65. The molecule has 0 saturated heterocycles. The normalized spacial score (nSPS) is 13.2. The van der Waals surface area contributed by atoms with Gasteiger partial charge < -0.3 is 10.5 Å². The van der Waals surface area contributed by atoms with Crippen LogP contribution in [0.4, 0.5) is 0 Å². The van der Waals surface area contributed by atoms with Gasteiger partial charge in [-0.15, -0.1) is 0 Å². The third-order valence-electron chi connectivity index (χ3n) is 3.19. The molecule has 0 spiro atoms. The average molecular weight is 365 g/mol. The molecule has 22 heavy (non-hydrogen) atoms. The van der Waals surface area contributed by atoms with E-state index >= 15 is 0 Å². The second-order valence-corrected chi connectivity index (χ2v) is 7.25. The van der Waals surface area contributed by atoms with E-state index < -0.39 is 11.6 Å². The molecule has 2 rings (SSSR count). The number of nitrogens with two attached hydrogens (primary N) is 1. The van der Waals surface area contributed by atoms with Crippen molar-refractivity contribution in [2.75, 3.05) is 0 Å². The van der Waals surface area contributed by atoms with E-state index in [-0.39, 0.29) is 5.97 Å². The molecule has 5 heteroatoms. The molecule has 1 aromatic carbocycles. The quantitative estimate of drug-likeness (QED) is 0.846. The summed E-state index contributed by atoms with van der Waals surface area (Å²) in [6.07, 6.45) is 0.420. The first-order valence-electron chi connectivity index (χ1n) is 7.20. The van der Waals surface area contributed by atoms with Crippen LogP contribution in [-0.2, 0) is 16.0 Å². The summed E-state index contributed by atoms with van der Waals surface area (Å²) in [6, 6.07) is 7.18. The van der Waals surface area contributed by atoms with Gasteiger partial charge in [-0.2, -0.15) is 0 Å². The van der Waals surface area contributed by atoms with Crippen LogP contribution in [0, 0.1) is 6.92 Å². The summed E-state index contributed by atoms with van der Waals surface area (Å²) in [4.78, 5) is 16.6. The van der Waals surface area contributed by atoms with Crippen LogP contribution in [0.5, 0.6) is 0 Å². The number of halogens is 1. The molecular formula is C17H21BrN2O2. The standard InChI is InChI=1S/C17H21BrN2O2/c1-10-5-7-12-11(6-8-13(18)15(12)20-10)9-14(19)16(21)22-17(2,3)4/h5-8,14H,9,19H2,1-4H3. The molecule has 1 aromatic heterocycles. The number of carbonyl (C=O) groups is 1. The van der Waals surface area contributed by atoms with Crippen molar-refractivity contribution in [2.24, 2.45) is 5.73 Å². The number of aromatic nitrogens is 1. The van der Waals surface area contributed by atoms with Crippen molar-refractivity contribution in [3.8, 4) is 0 Å². The average Bonchev–Trinajstić information content (AvgIpc) is 2.40. The van der Waals surface area contributed by atoms with Gasteiger partial charge in [0.25, 0.3) is 0 Å².